The van der Waals surface area contributed by atoms with E-state index in [2.05, 4.69) is 0 Å². The van der Waals surface area contributed by atoms with Gasteiger partial charge in [-0.1, -0.05) is 59.6 Å². The highest BCUT2D eigenvalue weighted by molar-refractivity contribution is 6.31. The molecular formula is C20H20Cl2O6. The van der Waals surface area contributed by atoms with Gasteiger partial charge in [-0.2, -0.15) is 0 Å². The van der Waals surface area contributed by atoms with Crippen LogP contribution in [-0.2, 0) is 18.9 Å². The summed E-state index contributed by atoms with van der Waals surface area (Å²) in [5, 5.41) is 21.5. The highest BCUT2D eigenvalue weighted by Crippen LogP contribution is 2.39. The SMILES string of the molecule is OC[C@H]1OC(c2ccccc2Cl)OC[C@@H]2OC(c3ccccc3Cl)O[C@H]2[C@@H]1O. The van der Waals surface area contributed by atoms with Crippen molar-refractivity contribution in [1.29, 1.82) is 0 Å². The zero-order valence-corrected chi connectivity index (χ0v) is 16.3. The van der Waals surface area contributed by atoms with Crippen molar-refractivity contribution in [3.63, 3.8) is 0 Å². The fraction of sp³-hybridized carbons (Fsp3) is 0.400. The quantitative estimate of drug-likeness (QED) is 0.784. The van der Waals surface area contributed by atoms with Crippen LogP contribution in [0.4, 0.5) is 0 Å². The number of hydrogen-bond donors (Lipinski definition) is 2. The Hall–Kier alpha value is -1.22. The molecule has 6 atom stereocenters. The third-order valence-corrected chi connectivity index (χ3v) is 5.56. The average Bonchev–Trinajstić information content (AvgIpc) is 3.11. The van der Waals surface area contributed by atoms with Crippen molar-refractivity contribution in [2.45, 2.75) is 37.0 Å². The Bertz CT molecular complexity index is 819. The summed E-state index contributed by atoms with van der Waals surface area (Å²) in [7, 11) is 0. The number of rotatable bonds is 3. The van der Waals surface area contributed by atoms with E-state index in [-0.39, 0.29) is 6.61 Å². The monoisotopic (exact) mass is 426 g/mol. The minimum Gasteiger partial charge on any atom is -0.394 e. The van der Waals surface area contributed by atoms with Crippen LogP contribution in [-0.4, -0.2) is 47.8 Å². The smallest absolute Gasteiger partial charge is 0.186 e. The minimum atomic E-state index is -1.13. The molecule has 0 bridgehead atoms. The molecule has 0 saturated carbocycles. The summed E-state index contributed by atoms with van der Waals surface area (Å²) in [6.07, 6.45) is -4.99. The van der Waals surface area contributed by atoms with E-state index in [1.807, 2.05) is 18.2 Å². The highest BCUT2D eigenvalue weighted by Gasteiger charge is 2.47. The van der Waals surface area contributed by atoms with Gasteiger partial charge in [0.25, 0.3) is 0 Å². The number of aliphatic hydroxyl groups is 2. The van der Waals surface area contributed by atoms with Gasteiger partial charge in [-0.15, -0.1) is 0 Å². The van der Waals surface area contributed by atoms with Gasteiger partial charge in [0.2, 0.25) is 0 Å². The van der Waals surface area contributed by atoms with Gasteiger partial charge in [-0.05, 0) is 12.1 Å². The second kappa shape index (κ2) is 8.65. The minimum absolute atomic E-state index is 0.108. The maximum Gasteiger partial charge on any atom is 0.186 e. The Kier molecular flexibility index (Phi) is 6.20. The third-order valence-electron chi connectivity index (χ3n) is 4.87. The number of ether oxygens (including phenoxy) is 4. The van der Waals surface area contributed by atoms with Gasteiger partial charge in [0, 0.05) is 21.2 Å². The summed E-state index contributed by atoms with van der Waals surface area (Å²) in [6, 6.07) is 14.3. The van der Waals surface area contributed by atoms with E-state index >= 15 is 0 Å². The second-order valence-electron chi connectivity index (χ2n) is 6.66. The topological polar surface area (TPSA) is 77.4 Å². The van der Waals surface area contributed by atoms with Gasteiger partial charge in [-0.25, -0.2) is 0 Å². The Morgan fingerprint density at radius 2 is 1.46 bits per heavy atom. The molecule has 0 amide bonds. The maximum atomic E-state index is 10.8. The number of hydrogen-bond acceptors (Lipinski definition) is 6. The Morgan fingerprint density at radius 3 is 2.07 bits per heavy atom. The summed E-state index contributed by atoms with van der Waals surface area (Å²) in [4.78, 5) is 0. The number of benzene rings is 2. The molecule has 2 unspecified atom stereocenters. The standard InChI is InChI=1S/C20H20Cl2O6/c21-13-7-3-1-5-11(13)19-25-10-16-18(17(24)15(9-23)26-19)28-20(27-16)12-6-2-4-8-14(12)22/h1-8,15-20,23-24H,9-10H2/t15-,16+,17-,18-,19?,20?/m1/s1. The molecule has 0 aromatic heterocycles. The third kappa shape index (κ3) is 3.92. The Morgan fingerprint density at radius 1 is 0.857 bits per heavy atom. The van der Waals surface area contributed by atoms with Gasteiger partial charge >= 0.3 is 0 Å². The lowest BCUT2D eigenvalue weighted by atomic mass is 10.0. The Labute approximate surface area is 172 Å². The number of aliphatic hydroxyl groups excluding tert-OH is 2. The van der Waals surface area contributed by atoms with Crippen molar-refractivity contribution in [3.8, 4) is 0 Å². The number of halogens is 2. The van der Waals surface area contributed by atoms with Crippen LogP contribution >= 0.6 is 23.2 Å². The molecule has 2 saturated heterocycles. The predicted octanol–water partition coefficient (Wildman–Crippen LogP) is 3.24. The summed E-state index contributed by atoms with van der Waals surface area (Å²) in [5.74, 6) is 0. The van der Waals surface area contributed by atoms with Gasteiger partial charge in [0.15, 0.2) is 12.6 Å². The lowest BCUT2D eigenvalue weighted by Gasteiger charge is -2.34. The molecule has 0 aliphatic carbocycles. The molecule has 28 heavy (non-hydrogen) atoms. The first kappa shape index (κ1) is 20.1. The zero-order chi connectivity index (χ0) is 19.7. The molecule has 2 N–H and O–H groups in total. The molecule has 150 valence electrons. The molecule has 2 aromatic carbocycles. The van der Waals surface area contributed by atoms with Crippen molar-refractivity contribution in [2.24, 2.45) is 0 Å². The van der Waals surface area contributed by atoms with Crippen LogP contribution in [0.5, 0.6) is 0 Å². The molecule has 2 aromatic rings. The summed E-state index contributed by atoms with van der Waals surface area (Å²) in [6.45, 7) is -0.314. The summed E-state index contributed by atoms with van der Waals surface area (Å²) >= 11 is 12.5. The normalized spacial score (nSPS) is 33.1. The van der Waals surface area contributed by atoms with Crippen molar-refractivity contribution < 1.29 is 29.2 Å². The Balaban J connectivity index is 1.59. The van der Waals surface area contributed by atoms with E-state index < -0.39 is 43.6 Å². The highest BCUT2D eigenvalue weighted by atomic mass is 35.5. The van der Waals surface area contributed by atoms with Crippen molar-refractivity contribution in [3.05, 3.63) is 69.7 Å². The van der Waals surface area contributed by atoms with E-state index in [9.17, 15) is 10.2 Å². The first-order valence-corrected chi connectivity index (χ1v) is 9.70. The zero-order valence-electron chi connectivity index (χ0n) is 14.8. The molecule has 8 heteroatoms. The van der Waals surface area contributed by atoms with E-state index in [1.165, 1.54) is 0 Å². The fourth-order valence-electron chi connectivity index (χ4n) is 3.40. The summed E-state index contributed by atoms with van der Waals surface area (Å²) < 4.78 is 23.6. The van der Waals surface area contributed by atoms with Gasteiger partial charge in [0.1, 0.15) is 24.4 Å². The first-order chi connectivity index (χ1) is 13.6. The first-order valence-electron chi connectivity index (χ1n) is 8.94. The largest absolute Gasteiger partial charge is 0.394 e. The van der Waals surface area contributed by atoms with Crippen LogP contribution in [0.15, 0.2) is 48.5 Å². The average molecular weight is 427 g/mol. The molecule has 2 aliphatic rings. The van der Waals surface area contributed by atoms with Crippen LogP contribution in [0, 0.1) is 0 Å². The maximum absolute atomic E-state index is 10.8. The van der Waals surface area contributed by atoms with Crippen molar-refractivity contribution >= 4 is 23.2 Å². The predicted molar refractivity (Wildman–Crippen MR) is 102 cm³/mol. The van der Waals surface area contributed by atoms with Crippen LogP contribution in [0.1, 0.15) is 23.7 Å². The van der Waals surface area contributed by atoms with Gasteiger partial charge in [-0.3, -0.25) is 0 Å². The molecule has 2 fully saturated rings. The van der Waals surface area contributed by atoms with E-state index in [0.717, 1.165) is 0 Å². The van der Waals surface area contributed by atoms with Crippen LogP contribution in [0.3, 0.4) is 0 Å². The van der Waals surface area contributed by atoms with Gasteiger partial charge < -0.3 is 29.2 Å². The lowest BCUT2D eigenvalue weighted by Crippen LogP contribution is -2.49. The molecular weight excluding hydrogens is 407 g/mol. The van der Waals surface area contributed by atoms with E-state index in [1.54, 1.807) is 30.3 Å². The van der Waals surface area contributed by atoms with Gasteiger partial charge in [0.05, 0.1) is 13.2 Å². The molecule has 4 rings (SSSR count). The second-order valence-corrected chi connectivity index (χ2v) is 7.48. The fourth-order valence-corrected chi connectivity index (χ4v) is 3.85. The van der Waals surface area contributed by atoms with Crippen LogP contribution in [0.2, 0.25) is 10.0 Å². The molecule has 2 aliphatic heterocycles. The summed E-state index contributed by atoms with van der Waals surface area (Å²) in [5.41, 5.74) is 1.27. The lowest BCUT2D eigenvalue weighted by molar-refractivity contribution is -0.241. The number of fused-ring (bicyclic) bond motifs is 1. The van der Waals surface area contributed by atoms with E-state index in [4.69, 9.17) is 42.1 Å². The van der Waals surface area contributed by atoms with Crippen molar-refractivity contribution in [1.82, 2.24) is 0 Å². The van der Waals surface area contributed by atoms with Crippen molar-refractivity contribution in [2.75, 3.05) is 13.2 Å². The molecule has 0 spiro atoms. The van der Waals surface area contributed by atoms with Crippen LogP contribution < -0.4 is 0 Å². The molecule has 0 radical (unpaired) electrons. The molecule has 2 heterocycles. The van der Waals surface area contributed by atoms with E-state index in [0.29, 0.717) is 21.2 Å². The molecule has 6 nitrogen and oxygen atoms in total. The van der Waals surface area contributed by atoms with Crippen LogP contribution in [0.25, 0.3) is 0 Å².